The predicted octanol–water partition coefficient (Wildman–Crippen LogP) is 27.2. The highest BCUT2D eigenvalue weighted by molar-refractivity contribution is 9.10. The molecule has 13 heteroatoms. The SMILES string of the molecule is Brc1cccc(-c2nc(-c3ccccc3)nc(-c3ccccc3)n2)c1.[HH].c1ccc(-c2nc(-c3ccccc3)nc(-c3cccc(-n4c5ccccc5c5cc6c(cc54)oc4cc(-n5c7ccccc7c7ccccc75)ccc46)c3)n2)cc1.c1ccc2c(c1)[nH]c1cc3oc4cc(-n5c6ccccc6c6ccccc65)ccc4c3cc12. The lowest BCUT2D eigenvalue weighted by Crippen LogP contribution is -2.01. The zero-order valence-corrected chi connectivity index (χ0v) is 63.1. The summed E-state index contributed by atoms with van der Waals surface area (Å²) in [5, 5.41) is 14.3. The summed E-state index contributed by atoms with van der Waals surface area (Å²) in [6, 6.07) is 130. The van der Waals surface area contributed by atoms with Gasteiger partial charge in [-0.25, -0.2) is 29.9 Å². The number of halogens is 1. The molecule has 115 heavy (non-hydrogen) atoms. The van der Waals surface area contributed by atoms with Crippen molar-refractivity contribution < 1.29 is 10.3 Å². The Morgan fingerprint density at radius 3 is 0.965 bits per heavy atom. The fourth-order valence-electron chi connectivity index (χ4n) is 16.6. The van der Waals surface area contributed by atoms with E-state index in [-0.39, 0.29) is 1.43 Å². The molecule has 0 aliphatic carbocycles. The van der Waals surface area contributed by atoms with Gasteiger partial charge >= 0.3 is 0 Å². The van der Waals surface area contributed by atoms with Crippen LogP contribution in [0.25, 0.3) is 216 Å². The molecule has 0 amide bonds. The van der Waals surface area contributed by atoms with Crippen molar-refractivity contribution in [2.75, 3.05) is 0 Å². The number of rotatable bonds is 9. The highest BCUT2D eigenvalue weighted by atomic mass is 79.9. The number of furan rings is 2. The van der Waals surface area contributed by atoms with Crippen LogP contribution < -0.4 is 0 Å². The van der Waals surface area contributed by atoms with Crippen LogP contribution >= 0.6 is 15.9 Å². The summed E-state index contributed by atoms with van der Waals surface area (Å²) in [5.41, 5.74) is 21.5. The molecule has 24 rings (SSSR count). The standard InChI is InChI=1S/C51H31N5O.C30H18N2O.C21H14BrN3.H2/c1-3-14-32(15-4-1)49-52-50(33-16-5-2-6-17-33)54-51(53-49)34-18-13-19-35(28-34)56-45-25-12-9-22-39(45)41-30-42-40-27-26-36(29-47(40)57-48(42)31-46(41)56)55-43-23-10-7-20-37(43)38-21-8-11-24-44(38)55;1-4-10-25-19(7-1)23-16-24-22-14-13-18(15-29(22)33-30(24)17-26(23)31-25)32-27-11-5-2-8-20(27)21-9-3-6-12-28(21)32;22-18-13-7-12-17(14-18)21-24-19(15-8-3-1-4-9-15)23-20(25-21)16-10-5-2-6-11-16;/h1-31H;1-17,31H;1-14H;1H. The lowest BCUT2D eigenvalue weighted by atomic mass is 10.1. The second-order valence-electron chi connectivity index (χ2n) is 28.7. The van der Waals surface area contributed by atoms with E-state index < -0.39 is 0 Å². The fourth-order valence-corrected chi connectivity index (χ4v) is 17.0. The van der Waals surface area contributed by atoms with Gasteiger partial charge in [0.25, 0.3) is 0 Å². The third-order valence-corrected chi connectivity index (χ3v) is 22.3. The smallest absolute Gasteiger partial charge is 0.164 e. The van der Waals surface area contributed by atoms with Gasteiger partial charge in [0.1, 0.15) is 22.3 Å². The van der Waals surface area contributed by atoms with Gasteiger partial charge < -0.3 is 27.5 Å². The van der Waals surface area contributed by atoms with Crippen molar-refractivity contribution in [1.29, 1.82) is 0 Å². The van der Waals surface area contributed by atoms with Crippen molar-refractivity contribution in [3.8, 4) is 85.4 Å². The van der Waals surface area contributed by atoms with Crippen LogP contribution in [0.4, 0.5) is 0 Å². The second-order valence-corrected chi connectivity index (χ2v) is 29.6. The predicted molar refractivity (Wildman–Crippen MR) is 475 cm³/mol. The molecule has 0 atom stereocenters. The van der Waals surface area contributed by atoms with E-state index in [1.165, 1.54) is 59.8 Å². The van der Waals surface area contributed by atoms with Crippen molar-refractivity contribution in [1.82, 2.24) is 48.6 Å². The van der Waals surface area contributed by atoms with Crippen molar-refractivity contribution in [2.45, 2.75) is 0 Å². The molecule has 0 aliphatic heterocycles. The average Bonchev–Trinajstić information content (AvgIpc) is 1.57. The first-order chi connectivity index (χ1) is 56.9. The maximum absolute atomic E-state index is 6.76. The number of para-hydroxylation sites is 6. The van der Waals surface area contributed by atoms with E-state index in [9.17, 15) is 0 Å². The van der Waals surface area contributed by atoms with Gasteiger partial charge in [-0.3, -0.25) is 0 Å². The summed E-state index contributed by atoms with van der Waals surface area (Å²) in [7, 11) is 0. The van der Waals surface area contributed by atoms with Gasteiger partial charge in [0.2, 0.25) is 0 Å². The van der Waals surface area contributed by atoms with Gasteiger partial charge in [-0.1, -0.05) is 271 Å². The number of aromatic amines is 1. The molecular formula is C102H65BrN10O2. The molecule has 0 radical (unpaired) electrons. The maximum Gasteiger partial charge on any atom is 0.164 e. The Hall–Kier alpha value is -15.2. The Labute approximate surface area is 667 Å². The molecule has 12 nitrogen and oxygen atoms in total. The Morgan fingerprint density at radius 2 is 0.530 bits per heavy atom. The van der Waals surface area contributed by atoms with Crippen LogP contribution in [-0.4, -0.2) is 48.6 Å². The van der Waals surface area contributed by atoms with E-state index in [2.05, 4.69) is 270 Å². The monoisotopic (exact) mass is 1540 g/mol. The van der Waals surface area contributed by atoms with Crippen LogP contribution in [0.15, 0.2) is 389 Å². The number of hydrogen-bond donors (Lipinski definition) is 1. The van der Waals surface area contributed by atoms with Crippen LogP contribution in [0.2, 0.25) is 0 Å². The number of aromatic nitrogens is 10. The molecule has 0 unspecified atom stereocenters. The van der Waals surface area contributed by atoms with Gasteiger partial charge in [0.05, 0.1) is 38.6 Å². The van der Waals surface area contributed by atoms with Crippen LogP contribution in [0, 0.1) is 0 Å². The molecule has 0 fully saturated rings. The molecule has 16 aromatic carbocycles. The molecule has 0 spiro atoms. The van der Waals surface area contributed by atoms with Crippen LogP contribution in [0.3, 0.4) is 0 Å². The normalized spacial score (nSPS) is 11.7. The first-order valence-electron chi connectivity index (χ1n) is 38.2. The quantitative estimate of drug-likeness (QED) is 0.151. The highest BCUT2D eigenvalue weighted by Crippen LogP contribution is 2.43. The summed E-state index contributed by atoms with van der Waals surface area (Å²) < 4.78 is 21.1. The van der Waals surface area contributed by atoms with Gasteiger partial charge in [0, 0.05) is 151 Å². The lowest BCUT2D eigenvalue weighted by molar-refractivity contribution is 0.668. The highest BCUT2D eigenvalue weighted by Gasteiger charge is 2.22. The van der Waals surface area contributed by atoms with Gasteiger partial charge in [0.15, 0.2) is 34.9 Å². The van der Waals surface area contributed by atoms with Crippen molar-refractivity contribution in [2.24, 2.45) is 0 Å². The average molecular weight is 1540 g/mol. The fraction of sp³-hybridized carbons (Fsp3) is 0. The maximum atomic E-state index is 6.76. The van der Waals surface area contributed by atoms with Crippen LogP contribution in [0.5, 0.6) is 0 Å². The minimum Gasteiger partial charge on any atom is -0.456 e. The van der Waals surface area contributed by atoms with Gasteiger partial charge in [-0.15, -0.1) is 0 Å². The molecular weight excluding hydrogens is 1480 g/mol. The summed E-state index contributed by atoms with van der Waals surface area (Å²) in [4.78, 5) is 32.6. The van der Waals surface area contributed by atoms with Crippen LogP contribution in [-0.2, 0) is 0 Å². The van der Waals surface area contributed by atoms with Crippen molar-refractivity contribution >= 4 is 147 Å². The number of H-pyrrole nitrogens is 1. The van der Waals surface area contributed by atoms with Crippen LogP contribution in [0.1, 0.15) is 1.43 Å². The lowest BCUT2D eigenvalue weighted by Gasteiger charge is -2.11. The Balaban J connectivity index is 0.000000120. The summed E-state index contributed by atoms with van der Waals surface area (Å²) in [6.07, 6.45) is 0. The molecule has 0 aliphatic rings. The zero-order valence-electron chi connectivity index (χ0n) is 61.5. The molecule has 0 saturated carbocycles. The molecule has 1 N–H and O–H groups in total. The Bertz CT molecular complexity index is 7730. The van der Waals surface area contributed by atoms with E-state index in [4.69, 9.17) is 33.8 Å². The minimum atomic E-state index is 0. The molecule has 0 bridgehead atoms. The topological polar surface area (TPSA) is 134 Å². The van der Waals surface area contributed by atoms with E-state index >= 15 is 0 Å². The Morgan fingerprint density at radius 1 is 0.209 bits per heavy atom. The van der Waals surface area contributed by atoms with Gasteiger partial charge in [-0.05, 0) is 97.1 Å². The summed E-state index contributed by atoms with van der Waals surface area (Å²) in [6.45, 7) is 0. The zero-order chi connectivity index (χ0) is 76.0. The van der Waals surface area contributed by atoms with Crippen molar-refractivity contribution in [3.05, 3.63) is 381 Å². The van der Waals surface area contributed by atoms with Gasteiger partial charge in [-0.2, -0.15) is 0 Å². The second kappa shape index (κ2) is 27.7. The largest absolute Gasteiger partial charge is 0.456 e. The number of benzene rings is 16. The molecule has 8 heterocycles. The number of nitrogens with one attached hydrogen (secondary N) is 1. The summed E-state index contributed by atoms with van der Waals surface area (Å²) in [5.74, 6) is 3.89. The molecule has 8 aromatic heterocycles. The van der Waals surface area contributed by atoms with Crippen molar-refractivity contribution in [3.63, 3.8) is 0 Å². The Kier molecular flexibility index (Phi) is 16.1. The molecule has 24 aromatic rings. The van der Waals surface area contributed by atoms with E-state index in [1.54, 1.807) is 0 Å². The molecule has 0 saturated heterocycles. The first kappa shape index (κ1) is 66.8. The molecule has 542 valence electrons. The third-order valence-electron chi connectivity index (χ3n) is 21.9. The van der Waals surface area contributed by atoms with E-state index in [1.807, 2.05) is 146 Å². The van der Waals surface area contributed by atoms with E-state index in [0.29, 0.717) is 34.9 Å². The third kappa shape index (κ3) is 11.7. The number of hydrogen-bond acceptors (Lipinski definition) is 8. The summed E-state index contributed by atoms with van der Waals surface area (Å²) >= 11 is 3.52. The number of nitrogens with zero attached hydrogens (tertiary/aromatic N) is 9. The minimum absolute atomic E-state index is 0. The first-order valence-corrected chi connectivity index (χ1v) is 39.0. The van der Waals surface area contributed by atoms with E-state index in [0.717, 1.165) is 126 Å². The number of fused-ring (bicyclic) bond motifs is 18.